The molecule has 0 spiro atoms. The highest BCUT2D eigenvalue weighted by atomic mass is 19.4. The quantitative estimate of drug-likeness (QED) is 0.901. The lowest BCUT2D eigenvalue weighted by Crippen LogP contribution is -2.41. The molecule has 20 heavy (non-hydrogen) atoms. The van der Waals surface area contributed by atoms with Crippen molar-refractivity contribution in [3.05, 3.63) is 11.8 Å². The van der Waals surface area contributed by atoms with E-state index in [1.165, 1.54) is 0 Å². The predicted molar refractivity (Wildman–Crippen MR) is 61.4 cm³/mol. The molecule has 2 heterocycles. The van der Waals surface area contributed by atoms with Crippen molar-refractivity contribution >= 4 is 5.91 Å². The lowest BCUT2D eigenvalue weighted by atomic mass is 9.97. The van der Waals surface area contributed by atoms with Crippen LogP contribution in [0.5, 0.6) is 0 Å². The molecule has 1 fully saturated rings. The molecule has 1 amide bonds. The Morgan fingerprint density at radius 1 is 1.50 bits per heavy atom. The van der Waals surface area contributed by atoms with E-state index in [2.05, 4.69) is 19.9 Å². The minimum absolute atomic E-state index is 0.0591. The minimum Gasteiger partial charge on any atom is -0.416 e. The van der Waals surface area contributed by atoms with E-state index in [1.54, 1.807) is 7.05 Å². The number of carbonyl (C=O) groups excluding carboxylic acids is 1. The summed E-state index contributed by atoms with van der Waals surface area (Å²) in [7, 11) is 1.56. The smallest absolute Gasteiger partial charge is 0.416 e. The Bertz CT molecular complexity index is 474. The van der Waals surface area contributed by atoms with E-state index in [4.69, 9.17) is 0 Å². The van der Waals surface area contributed by atoms with E-state index in [-0.39, 0.29) is 24.3 Å². The summed E-state index contributed by atoms with van der Waals surface area (Å²) in [5.41, 5.74) is 0. The van der Waals surface area contributed by atoms with Crippen LogP contribution in [0, 0.1) is 5.92 Å². The van der Waals surface area contributed by atoms with Gasteiger partial charge in [-0.05, 0) is 19.4 Å². The van der Waals surface area contributed by atoms with E-state index < -0.39 is 12.1 Å². The third-order valence-corrected chi connectivity index (χ3v) is 3.19. The number of aromatic nitrogens is 2. The Balaban J connectivity index is 1.96. The first-order valence-electron chi connectivity index (χ1n) is 6.23. The summed E-state index contributed by atoms with van der Waals surface area (Å²) in [6, 6.07) is 0. The van der Waals surface area contributed by atoms with Crippen LogP contribution in [-0.4, -0.2) is 41.1 Å². The molecule has 112 valence electrons. The SMILES string of the molecule is CNC(=O)C1CCCN(Cc2nnc(C(F)(F)F)o2)C1. The fourth-order valence-electron chi connectivity index (χ4n) is 2.24. The van der Waals surface area contributed by atoms with Crippen LogP contribution < -0.4 is 5.32 Å². The maximum absolute atomic E-state index is 12.3. The van der Waals surface area contributed by atoms with E-state index in [0.717, 1.165) is 12.8 Å². The molecule has 0 aromatic carbocycles. The Labute approximate surface area is 113 Å². The van der Waals surface area contributed by atoms with Gasteiger partial charge in [-0.2, -0.15) is 13.2 Å². The molecule has 2 rings (SSSR count). The largest absolute Gasteiger partial charge is 0.470 e. The van der Waals surface area contributed by atoms with Crippen LogP contribution in [0.25, 0.3) is 0 Å². The molecule has 6 nitrogen and oxygen atoms in total. The molecule has 1 aromatic heterocycles. The van der Waals surface area contributed by atoms with Gasteiger partial charge < -0.3 is 9.73 Å². The van der Waals surface area contributed by atoms with E-state index in [1.807, 2.05) is 4.90 Å². The molecule has 1 saturated heterocycles. The zero-order valence-electron chi connectivity index (χ0n) is 10.9. The second-order valence-corrected chi connectivity index (χ2v) is 4.69. The maximum atomic E-state index is 12.3. The van der Waals surface area contributed by atoms with Gasteiger partial charge >= 0.3 is 12.1 Å². The number of alkyl halides is 3. The fraction of sp³-hybridized carbons (Fsp3) is 0.727. The number of amides is 1. The van der Waals surface area contributed by atoms with Crippen molar-refractivity contribution in [1.82, 2.24) is 20.4 Å². The average molecular weight is 292 g/mol. The Morgan fingerprint density at radius 2 is 2.25 bits per heavy atom. The van der Waals surface area contributed by atoms with Gasteiger partial charge in [0.2, 0.25) is 11.8 Å². The highest BCUT2D eigenvalue weighted by molar-refractivity contribution is 5.78. The second-order valence-electron chi connectivity index (χ2n) is 4.69. The lowest BCUT2D eigenvalue weighted by molar-refractivity contribution is -0.157. The molecule has 9 heteroatoms. The zero-order chi connectivity index (χ0) is 14.8. The van der Waals surface area contributed by atoms with Crippen LogP contribution in [0.3, 0.4) is 0 Å². The Morgan fingerprint density at radius 3 is 2.85 bits per heavy atom. The van der Waals surface area contributed by atoms with E-state index in [9.17, 15) is 18.0 Å². The first-order chi connectivity index (χ1) is 9.40. The maximum Gasteiger partial charge on any atom is 0.470 e. The Hall–Kier alpha value is -1.64. The van der Waals surface area contributed by atoms with Gasteiger partial charge in [-0.1, -0.05) is 0 Å². The lowest BCUT2D eigenvalue weighted by Gasteiger charge is -2.30. The molecule has 0 bridgehead atoms. The topological polar surface area (TPSA) is 71.3 Å². The normalized spacial score (nSPS) is 20.9. The minimum atomic E-state index is -4.63. The standard InChI is InChI=1S/C11H15F3N4O2/c1-15-9(19)7-3-2-4-18(5-7)6-8-16-17-10(20-8)11(12,13)14/h7H,2-6H2,1H3,(H,15,19). The van der Waals surface area contributed by atoms with Crippen molar-refractivity contribution in [3.63, 3.8) is 0 Å². The highest BCUT2D eigenvalue weighted by Crippen LogP contribution is 2.28. The number of hydrogen-bond donors (Lipinski definition) is 1. The molecular formula is C11H15F3N4O2. The van der Waals surface area contributed by atoms with Crippen LogP contribution >= 0.6 is 0 Å². The van der Waals surface area contributed by atoms with Crippen LogP contribution in [0.4, 0.5) is 13.2 Å². The predicted octanol–water partition coefficient (Wildman–Crippen LogP) is 1.05. The number of rotatable bonds is 3. The summed E-state index contributed by atoms with van der Waals surface area (Å²) in [6.07, 6.45) is -3.05. The van der Waals surface area contributed by atoms with Gasteiger partial charge in [0.05, 0.1) is 12.5 Å². The number of nitrogens with one attached hydrogen (secondary N) is 1. The van der Waals surface area contributed by atoms with Crippen LogP contribution in [-0.2, 0) is 17.5 Å². The average Bonchev–Trinajstić information content (AvgIpc) is 2.86. The third-order valence-electron chi connectivity index (χ3n) is 3.19. The summed E-state index contributed by atoms with van der Waals surface area (Å²) in [4.78, 5) is 13.4. The third kappa shape index (κ3) is 3.47. The van der Waals surface area contributed by atoms with E-state index >= 15 is 0 Å². The molecule has 1 atom stereocenters. The molecule has 1 aliphatic heterocycles. The summed E-state index contributed by atoms with van der Waals surface area (Å²) in [5, 5.41) is 8.94. The van der Waals surface area contributed by atoms with Crippen molar-refractivity contribution in [2.24, 2.45) is 5.92 Å². The van der Waals surface area contributed by atoms with Gasteiger partial charge in [0.25, 0.3) is 0 Å². The molecule has 1 unspecified atom stereocenters. The van der Waals surface area contributed by atoms with Crippen molar-refractivity contribution < 1.29 is 22.4 Å². The number of piperidine rings is 1. The number of carbonyl (C=O) groups is 1. The van der Waals surface area contributed by atoms with Crippen LogP contribution in [0.15, 0.2) is 4.42 Å². The summed E-state index contributed by atoms with van der Waals surface area (Å²) in [6.45, 7) is 1.29. The first-order valence-corrected chi connectivity index (χ1v) is 6.23. The van der Waals surface area contributed by atoms with Crippen molar-refractivity contribution in [2.45, 2.75) is 25.6 Å². The first kappa shape index (κ1) is 14.8. The van der Waals surface area contributed by atoms with Gasteiger partial charge in [-0.15, -0.1) is 10.2 Å². The van der Waals surface area contributed by atoms with Crippen molar-refractivity contribution in [2.75, 3.05) is 20.1 Å². The number of halogens is 3. The summed E-state index contributed by atoms with van der Waals surface area (Å²) >= 11 is 0. The van der Waals surface area contributed by atoms with Crippen molar-refractivity contribution in [1.29, 1.82) is 0 Å². The number of nitrogens with zero attached hydrogens (tertiary/aromatic N) is 3. The summed E-state index contributed by atoms with van der Waals surface area (Å²) in [5.74, 6) is -1.64. The molecule has 0 saturated carbocycles. The van der Waals surface area contributed by atoms with Crippen LogP contribution in [0.2, 0.25) is 0 Å². The molecule has 1 aliphatic rings. The molecule has 0 aliphatic carbocycles. The van der Waals surface area contributed by atoms with Gasteiger partial charge in [-0.3, -0.25) is 9.69 Å². The van der Waals surface area contributed by atoms with E-state index in [0.29, 0.717) is 13.1 Å². The van der Waals surface area contributed by atoms with Gasteiger partial charge in [-0.25, -0.2) is 0 Å². The molecule has 0 radical (unpaired) electrons. The number of hydrogen-bond acceptors (Lipinski definition) is 5. The van der Waals surface area contributed by atoms with Crippen LogP contribution in [0.1, 0.15) is 24.6 Å². The van der Waals surface area contributed by atoms with Gasteiger partial charge in [0.15, 0.2) is 0 Å². The molecule has 1 aromatic rings. The highest BCUT2D eigenvalue weighted by Gasteiger charge is 2.38. The number of likely N-dealkylation sites (tertiary alicyclic amines) is 1. The summed E-state index contributed by atoms with van der Waals surface area (Å²) < 4.78 is 41.6. The van der Waals surface area contributed by atoms with Gasteiger partial charge in [0.1, 0.15) is 0 Å². The monoisotopic (exact) mass is 292 g/mol. The molecule has 1 N–H and O–H groups in total. The Kier molecular flexibility index (Phi) is 4.26. The zero-order valence-corrected chi connectivity index (χ0v) is 10.9. The second kappa shape index (κ2) is 5.78. The van der Waals surface area contributed by atoms with Gasteiger partial charge in [0, 0.05) is 13.6 Å². The van der Waals surface area contributed by atoms with Crippen molar-refractivity contribution in [3.8, 4) is 0 Å². The fourth-order valence-corrected chi connectivity index (χ4v) is 2.24. The molecular weight excluding hydrogens is 277 g/mol.